The molecule has 0 saturated heterocycles. The third-order valence-electron chi connectivity index (χ3n) is 2.18. The van der Waals surface area contributed by atoms with Crippen molar-refractivity contribution >= 4 is 15.8 Å². The zero-order valence-corrected chi connectivity index (χ0v) is 9.37. The molecule has 0 bridgehead atoms. The molecule has 1 aromatic heterocycles. The van der Waals surface area contributed by atoms with Crippen LogP contribution in [0, 0.1) is 10.1 Å². The van der Waals surface area contributed by atoms with Crippen LogP contribution in [-0.2, 0) is 10.0 Å². The van der Waals surface area contributed by atoms with E-state index in [0.717, 1.165) is 12.3 Å². The van der Waals surface area contributed by atoms with Crippen molar-refractivity contribution < 1.29 is 13.3 Å². The van der Waals surface area contributed by atoms with Gasteiger partial charge in [0.25, 0.3) is 0 Å². The van der Waals surface area contributed by atoms with Gasteiger partial charge in [0.2, 0.25) is 0 Å². The molecule has 0 atom stereocenters. The van der Waals surface area contributed by atoms with Gasteiger partial charge >= 0.3 is 15.8 Å². The lowest BCUT2D eigenvalue weighted by Gasteiger charge is -2.02. The van der Waals surface area contributed by atoms with E-state index >= 15 is 0 Å². The Bertz CT molecular complexity index is 646. The summed E-state index contributed by atoms with van der Waals surface area (Å²) in [6.07, 6.45) is 1.15. The Morgan fingerprint density at radius 2 is 1.71 bits per heavy atom. The summed E-state index contributed by atoms with van der Waals surface area (Å²) in [5, 5.41) is 10.7. The van der Waals surface area contributed by atoms with E-state index < -0.39 is 20.8 Å². The molecule has 0 spiro atoms. The molecule has 0 aliphatic heterocycles. The van der Waals surface area contributed by atoms with Crippen molar-refractivity contribution in [2.24, 2.45) is 0 Å². The second-order valence-electron chi connectivity index (χ2n) is 3.24. The van der Waals surface area contributed by atoms with Gasteiger partial charge in [-0.1, -0.05) is 18.2 Å². The minimum atomic E-state index is -3.90. The zero-order chi connectivity index (χ0) is 12.5. The van der Waals surface area contributed by atoms with Crippen LogP contribution in [0.1, 0.15) is 0 Å². The molecule has 0 aliphatic rings. The van der Waals surface area contributed by atoms with Crippen molar-refractivity contribution in [3.8, 4) is 0 Å². The van der Waals surface area contributed by atoms with Gasteiger partial charge in [-0.25, -0.2) is 0 Å². The Hall–Kier alpha value is -2.15. The van der Waals surface area contributed by atoms with Gasteiger partial charge in [0.05, 0.1) is 0 Å². The molecule has 0 unspecified atom stereocenters. The van der Waals surface area contributed by atoms with E-state index in [1.807, 2.05) is 0 Å². The zero-order valence-electron chi connectivity index (χ0n) is 8.55. The van der Waals surface area contributed by atoms with Gasteiger partial charge in [0.1, 0.15) is 11.1 Å². The smallest absolute Gasteiger partial charge is 0.338 e. The van der Waals surface area contributed by atoms with Crippen molar-refractivity contribution in [1.82, 2.24) is 3.97 Å². The van der Waals surface area contributed by atoms with E-state index in [-0.39, 0.29) is 4.90 Å². The summed E-state index contributed by atoms with van der Waals surface area (Å²) < 4.78 is 24.8. The molecule has 0 saturated carbocycles. The highest BCUT2D eigenvalue weighted by Crippen LogP contribution is 2.20. The van der Waals surface area contributed by atoms with Crippen molar-refractivity contribution in [2.75, 3.05) is 0 Å². The number of rotatable bonds is 3. The average molecular weight is 252 g/mol. The number of hydrogen-bond donors (Lipinski definition) is 0. The first-order valence-electron chi connectivity index (χ1n) is 4.66. The Balaban J connectivity index is 2.61. The van der Waals surface area contributed by atoms with Crippen LogP contribution < -0.4 is 0 Å². The van der Waals surface area contributed by atoms with Crippen LogP contribution >= 0.6 is 0 Å². The van der Waals surface area contributed by atoms with E-state index in [9.17, 15) is 18.5 Å². The normalized spacial score (nSPS) is 11.3. The first-order chi connectivity index (χ1) is 8.03. The molecule has 88 valence electrons. The molecule has 0 radical (unpaired) electrons. The summed E-state index contributed by atoms with van der Waals surface area (Å²) in [5.41, 5.74) is 0. The van der Waals surface area contributed by atoms with E-state index in [4.69, 9.17) is 0 Å². The Morgan fingerprint density at radius 3 is 2.29 bits per heavy atom. The molecule has 1 aromatic carbocycles. The van der Waals surface area contributed by atoms with Gasteiger partial charge in [-0.2, -0.15) is 8.42 Å². The lowest BCUT2D eigenvalue weighted by atomic mass is 10.4. The fraction of sp³-hybridized carbons (Fsp3) is 0. The van der Waals surface area contributed by atoms with Crippen LogP contribution in [0.4, 0.5) is 5.82 Å². The number of benzene rings is 1. The summed E-state index contributed by atoms with van der Waals surface area (Å²) in [6, 6.07) is 10.0. The maximum absolute atomic E-state index is 12.1. The first-order valence-corrected chi connectivity index (χ1v) is 6.10. The van der Waals surface area contributed by atoms with Crippen molar-refractivity contribution in [3.63, 3.8) is 0 Å². The molecular formula is C10H8N2O4S. The van der Waals surface area contributed by atoms with Gasteiger partial charge in [-0.05, 0) is 23.1 Å². The van der Waals surface area contributed by atoms with E-state index in [0.29, 0.717) is 3.97 Å². The molecule has 0 fully saturated rings. The van der Waals surface area contributed by atoms with Gasteiger partial charge in [0, 0.05) is 6.07 Å². The van der Waals surface area contributed by atoms with Crippen LogP contribution in [-0.4, -0.2) is 17.3 Å². The van der Waals surface area contributed by atoms with E-state index in [1.54, 1.807) is 18.2 Å². The predicted octanol–water partition coefficient (Wildman–Crippen LogP) is 1.63. The summed E-state index contributed by atoms with van der Waals surface area (Å²) in [4.78, 5) is 9.96. The Morgan fingerprint density at radius 1 is 1.06 bits per heavy atom. The highest BCUT2D eigenvalue weighted by Gasteiger charge is 2.26. The van der Waals surface area contributed by atoms with Crippen molar-refractivity contribution in [1.29, 1.82) is 0 Å². The largest absolute Gasteiger partial charge is 0.358 e. The highest BCUT2D eigenvalue weighted by atomic mass is 32.2. The Kier molecular flexibility index (Phi) is 2.68. The summed E-state index contributed by atoms with van der Waals surface area (Å²) in [6.45, 7) is 0. The second-order valence-corrected chi connectivity index (χ2v) is 5.05. The SMILES string of the molecule is O=[N+]([O-])c1cccn1S(=O)(=O)c1ccccc1. The molecule has 0 aliphatic carbocycles. The summed E-state index contributed by atoms with van der Waals surface area (Å²) in [5.74, 6) is -0.478. The average Bonchev–Trinajstić information content (AvgIpc) is 2.80. The second kappa shape index (κ2) is 4.02. The topological polar surface area (TPSA) is 82.2 Å². The first kappa shape index (κ1) is 11.3. The molecule has 0 N–H and O–H groups in total. The molecule has 2 rings (SSSR count). The van der Waals surface area contributed by atoms with Crippen LogP contribution in [0.3, 0.4) is 0 Å². The van der Waals surface area contributed by atoms with Gasteiger partial charge < -0.3 is 10.1 Å². The van der Waals surface area contributed by atoms with Crippen LogP contribution in [0.15, 0.2) is 53.6 Å². The maximum Gasteiger partial charge on any atom is 0.338 e. The fourth-order valence-corrected chi connectivity index (χ4v) is 2.74. The molecule has 0 amide bonds. The number of nitrogens with zero attached hydrogens (tertiary/aromatic N) is 2. The number of hydrogen-bond acceptors (Lipinski definition) is 4. The minimum Gasteiger partial charge on any atom is -0.358 e. The predicted molar refractivity (Wildman–Crippen MR) is 60.1 cm³/mol. The molecule has 1 heterocycles. The molecule has 2 aromatic rings. The lowest BCUT2D eigenvalue weighted by molar-refractivity contribution is -0.390. The van der Waals surface area contributed by atoms with Crippen LogP contribution in [0.25, 0.3) is 0 Å². The summed E-state index contributed by atoms with van der Waals surface area (Å²) in [7, 11) is -3.90. The number of aromatic nitrogens is 1. The Labute approximate surface area is 97.3 Å². The minimum absolute atomic E-state index is 0.0132. The van der Waals surface area contributed by atoms with Crippen LogP contribution in [0.2, 0.25) is 0 Å². The third kappa shape index (κ3) is 1.92. The van der Waals surface area contributed by atoms with Crippen LogP contribution in [0.5, 0.6) is 0 Å². The maximum atomic E-state index is 12.1. The van der Waals surface area contributed by atoms with E-state index in [1.165, 1.54) is 18.2 Å². The molecule has 7 heteroatoms. The van der Waals surface area contributed by atoms with Gasteiger partial charge in [0.15, 0.2) is 0 Å². The molecule has 17 heavy (non-hydrogen) atoms. The number of nitro groups is 1. The summed E-state index contributed by atoms with van der Waals surface area (Å²) >= 11 is 0. The standard InChI is InChI=1S/C10H8N2O4S/c13-12(14)10-7-4-8-11(10)17(15,16)9-5-2-1-3-6-9/h1-8H. The lowest BCUT2D eigenvalue weighted by Crippen LogP contribution is -2.13. The third-order valence-corrected chi connectivity index (χ3v) is 3.87. The van der Waals surface area contributed by atoms with Gasteiger partial charge in [-0.15, -0.1) is 3.97 Å². The van der Waals surface area contributed by atoms with Crippen molar-refractivity contribution in [3.05, 3.63) is 58.8 Å². The molecular weight excluding hydrogens is 244 g/mol. The fourth-order valence-electron chi connectivity index (χ4n) is 1.41. The monoisotopic (exact) mass is 252 g/mol. The highest BCUT2D eigenvalue weighted by molar-refractivity contribution is 7.90. The van der Waals surface area contributed by atoms with Gasteiger partial charge in [-0.3, -0.25) is 0 Å². The van der Waals surface area contributed by atoms with E-state index in [2.05, 4.69) is 0 Å². The quantitative estimate of drug-likeness (QED) is 0.614. The molecule has 6 nitrogen and oxygen atoms in total. The van der Waals surface area contributed by atoms with Crippen molar-refractivity contribution in [2.45, 2.75) is 4.90 Å².